The Labute approximate surface area is 131 Å². The van der Waals surface area contributed by atoms with Crippen molar-refractivity contribution in [2.45, 2.75) is 12.6 Å². The summed E-state index contributed by atoms with van der Waals surface area (Å²) in [6.45, 7) is 0.974. The first kappa shape index (κ1) is 15.1. The van der Waals surface area contributed by atoms with Gasteiger partial charge >= 0.3 is 0 Å². The smallest absolute Gasteiger partial charge is 0.183 e. The lowest BCUT2D eigenvalue weighted by molar-refractivity contribution is 0.160. The summed E-state index contributed by atoms with van der Waals surface area (Å²) in [7, 11) is 1.60. The highest BCUT2D eigenvalue weighted by Gasteiger charge is 2.23. The van der Waals surface area contributed by atoms with Crippen molar-refractivity contribution in [2.24, 2.45) is 0 Å². The lowest BCUT2D eigenvalue weighted by atomic mass is 10.2. The van der Waals surface area contributed by atoms with E-state index in [0.29, 0.717) is 34.3 Å². The van der Waals surface area contributed by atoms with E-state index in [0.717, 1.165) is 4.47 Å². The van der Waals surface area contributed by atoms with Crippen LogP contribution in [0.25, 0.3) is 0 Å². The molecule has 0 amide bonds. The van der Waals surface area contributed by atoms with E-state index in [1.807, 2.05) is 0 Å². The van der Waals surface area contributed by atoms with Gasteiger partial charge in [-0.3, -0.25) is 4.68 Å². The molecule has 8 heteroatoms. The number of hydrogen-bond donors (Lipinski definition) is 1. The van der Waals surface area contributed by atoms with Crippen LogP contribution in [0.5, 0.6) is 0 Å². The molecule has 1 unspecified atom stereocenters. The maximum atomic E-state index is 10.4. The number of ether oxygens (including phenoxy) is 1. The lowest BCUT2D eigenvalue weighted by Gasteiger charge is -2.11. The Morgan fingerprint density at radius 3 is 2.89 bits per heavy atom. The molecule has 0 saturated heterocycles. The molecule has 0 aliphatic carbocycles. The van der Waals surface area contributed by atoms with Gasteiger partial charge in [-0.2, -0.15) is 5.10 Å². The van der Waals surface area contributed by atoms with Crippen LogP contribution < -0.4 is 0 Å². The van der Waals surface area contributed by atoms with Gasteiger partial charge in [0, 0.05) is 7.11 Å². The van der Waals surface area contributed by atoms with Crippen molar-refractivity contribution in [3.8, 4) is 0 Å². The Hall–Kier alpha value is -0.340. The maximum Gasteiger partial charge on any atom is 0.183 e. The standard InChI is InChI=1S/C11H11Br2ClN2O3/c1-18-3-2-16-9(7(14)5-15-16)10(17)8-4-6(12)11(13)19-8/h4-5,10,17H,2-3H2,1H3. The summed E-state index contributed by atoms with van der Waals surface area (Å²) >= 11 is 12.6. The number of nitrogens with zero attached hydrogens (tertiary/aromatic N) is 2. The zero-order chi connectivity index (χ0) is 14.0. The largest absolute Gasteiger partial charge is 0.450 e. The topological polar surface area (TPSA) is 60.4 Å². The summed E-state index contributed by atoms with van der Waals surface area (Å²) in [5, 5.41) is 14.8. The van der Waals surface area contributed by atoms with Gasteiger partial charge in [-0.25, -0.2) is 0 Å². The van der Waals surface area contributed by atoms with Crippen LogP contribution in [0.1, 0.15) is 17.6 Å². The van der Waals surface area contributed by atoms with Gasteiger partial charge in [0.05, 0.1) is 34.5 Å². The summed E-state index contributed by atoms with van der Waals surface area (Å²) in [6.07, 6.45) is 0.498. The average molecular weight is 414 g/mol. The molecule has 0 fully saturated rings. The van der Waals surface area contributed by atoms with Crippen LogP contribution in [0.2, 0.25) is 5.02 Å². The predicted molar refractivity (Wildman–Crippen MR) is 77.3 cm³/mol. The Bertz CT molecular complexity index is 551. The second-order valence-electron chi connectivity index (χ2n) is 3.77. The molecule has 0 aromatic carbocycles. The highest BCUT2D eigenvalue weighted by Crippen LogP contribution is 2.34. The van der Waals surface area contributed by atoms with Gasteiger partial charge in [-0.05, 0) is 37.9 Å². The Kier molecular flexibility index (Phi) is 5.08. The second kappa shape index (κ2) is 6.41. The van der Waals surface area contributed by atoms with Gasteiger partial charge in [0.1, 0.15) is 5.76 Å². The molecule has 2 rings (SSSR count). The number of methoxy groups -OCH3 is 1. The number of aromatic nitrogens is 2. The van der Waals surface area contributed by atoms with E-state index in [-0.39, 0.29) is 0 Å². The molecular formula is C11H11Br2ClN2O3. The molecule has 5 nitrogen and oxygen atoms in total. The summed E-state index contributed by atoms with van der Waals surface area (Å²) in [5.74, 6) is 0.375. The third-order valence-electron chi connectivity index (χ3n) is 2.53. The number of rotatable bonds is 5. The van der Waals surface area contributed by atoms with Gasteiger partial charge in [-0.1, -0.05) is 11.6 Å². The zero-order valence-corrected chi connectivity index (χ0v) is 13.9. The molecule has 2 aromatic rings. The second-order valence-corrected chi connectivity index (χ2v) is 5.75. The molecule has 19 heavy (non-hydrogen) atoms. The van der Waals surface area contributed by atoms with Crippen LogP contribution in [0.3, 0.4) is 0 Å². The molecule has 0 radical (unpaired) electrons. The lowest BCUT2D eigenvalue weighted by Crippen LogP contribution is -2.13. The predicted octanol–water partition coefficient (Wildman–Crippen LogP) is 3.38. The monoisotopic (exact) mass is 412 g/mol. The van der Waals surface area contributed by atoms with Gasteiger partial charge in [0.15, 0.2) is 10.8 Å². The van der Waals surface area contributed by atoms with Gasteiger partial charge in [0.2, 0.25) is 0 Å². The van der Waals surface area contributed by atoms with Crippen molar-refractivity contribution in [1.82, 2.24) is 9.78 Å². The van der Waals surface area contributed by atoms with Crippen LogP contribution in [0, 0.1) is 0 Å². The number of aliphatic hydroxyl groups excluding tert-OH is 1. The van der Waals surface area contributed by atoms with E-state index >= 15 is 0 Å². The van der Waals surface area contributed by atoms with E-state index < -0.39 is 6.10 Å². The molecule has 0 aliphatic rings. The zero-order valence-electron chi connectivity index (χ0n) is 9.94. The first-order valence-electron chi connectivity index (χ1n) is 5.37. The molecule has 1 N–H and O–H groups in total. The highest BCUT2D eigenvalue weighted by molar-refractivity contribution is 9.13. The molecule has 2 aromatic heterocycles. The third-order valence-corrected chi connectivity index (χ3v) is 4.53. The highest BCUT2D eigenvalue weighted by atomic mass is 79.9. The van der Waals surface area contributed by atoms with Gasteiger partial charge < -0.3 is 14.3 Å². The van der Waals surface area contributed by atoms with E-state index in [1.165, 1.54) is 6.20 Å². The van der Waals surface area contributed by atoms with E-state index in [9.17, 15) is 5.11 Å². The van der Waals surface area contributed by atoms with E-state index in [2.05, 4.69) is 37.0 Å². The molecule has 0 spiro atoms. The van der Waals surface area contributed by atoms with E-state index in [1.54, 1.807) is 17.9 Å². The van der Waals surface area contributed by atoms with Crippen molar-refractivity contribution in [1.29, 1.82) is 0 Å². The van der Waals surface area contributed by atoms with Crippen molar-refractivity contribution >= 4 is 43.5 Å². The molecule has 1 atom stereocenters. The summed E-state index contributed by atoms with van der Waals surface area (Å²) in [6, 6.07) is 1.68. The minimum Gasteiger partial charge on any atom is -0.450 e. The van der Waals surface area contributed by atoms with Crippen LogP contribution in [0.4, 0.5) is 0 Å². The number of furan rings is 1. The van der Waals surface area contributed by atoms with Crippen LogP contribution in [0.15, 0.2) is 25.8 Å². The molecule has 104 valence electrons. The fourth-order valence-corrected chi connectivity index (χ4v) is 2.49. The molecule has 2 heterocycles. The van der Waals surface area contributed by atoms with E-state index in [4.69, 9.17) is 20.8 Å². The molecule has 0 saturated carbocycles. The fourth-order valence-electron chi connectivity index (χ4n) is 1.63. The summed E-state index contributed by atoms with van der Waals surface area (Å²) in [4.78, 5) is 0. The minimum absolute atomic E-state index is 0.375. The first-order valence-corrected chi connectivity index (χ1v) is 7.34. The molecule has 0 bridgehead atoms. The third kappa shape index (κ3) is 3.22. The minimum atomic E-state index is -0.991. The van der Waals surface area contributed by atoms with Crippen LogP contribution in [-0.4, -0.2) is 28.6 Å². The van der Waals surface area contributed by atoms with Gasteiger partial charge in [-0.15, -0.1) is 0 Å². The van der Waals surface area contributed by atoms with Crippen molar-refractivity contribution in [2.75, 3.05) is 13.7 Å². The number of hydrogen-bond acceptors (Lipinski definition) is 4. The summed E-state index contributed by atoms with van der Waals surface area (Å²) in [5.41, 5.74) is 0.479. The summed E-state index contributed by atoms with van der Waals surface area (Å²) < 4.78 is 13.2. The maximum absolute atomic E-state index is 10.4. The van der Waals surface area contributed by atoms with Crippen LogP contribution in [-0.2, 0) is 11.3 Å². The number of halogens is 3. The average Bonchev–Trinajstić information content (AvgIpc) is 2.90. The quantitative estimate of drug-likeness (QED) is 0.815. The van der Waals surface area contributed by atoms with Crippen molar-refractivity contribution < 1.29 is 14.3 Å². The Balaban J connectivity index is 2.32. The van der Waals surface area contributed by atoms with Crippen molar-refractivity contribution in [3.63, 3.8) is 0 Å². The molecule has 0 aliphatic heterocycles. The normalized spacial score (nSPS) is 12.9. The van der Waals surface area contributed by atoms with Crippen molar-refractivity contribution in [3.05, 3.63) is 37.9 Å². The SMILES string of the molecule is COCCn1ncc(Cl)c1C(O)c1cc(Br)c(Br)o1. The van der Waals surface area contributed by atoms with Gasteiger partial charge in [0.25, 0.3) is 0 Å². The Morgan fingerprint density at radius 2 is 2.32 bits per heavy atom. The number of aliphatic hydroxyl groups is 1. The fraction of sp³-hybridized carbons (Fsp3) is 0.364. The Morgan fingerprint density at radius 1 is 1.58 bits per heavy atom. The molecular weight excluding hydrogens is 403 g/mol. The van der Waals surface area contributed by atoms with Crippen LogP contribution >= 0.6 is 43.5 Å². The first-order chi connectivity index (χ1) is 9.04.